The van der Waals surface area contributed by atoms with E-state index in [2.05, 4.69) is 20.1 Å². The smallest absolute Gasteiger partial charge is 0.410 e. The summed E-state index contributed by atoms with van der Waals surface area (Å²) in [6.07, 6.45) is 2.67. The molecule has 0 aliphatic carbocycles. The maximum atomic E-state index is 12.3. The van der Waals surface area contributed by atoms with Gasteiger partial charge in [-0.3, -0.25) is 14.4 Å². The minimum absolute atomic E-state index is 0.131. The number of rotatable bonds is 14. The van der Waals surface area contributed by atoms with Gasteiger partial charge in [-0.2, -0.15) is 4.72 Å². The zero-order valence-corrected chi connectivity index (χ0v) is 23.6. The maximum Gasteiger partial charge on any atom is 0.410 e. The second kappa shape index (κ2) is 15.8. The molecule has 1 rings (SSSR count). The Bertz CT molecular complexity index is 864. The number of ether oxygens (including phenoxy) is 2. The third kappa shape index (κ3) is 14.8. The maximum absolute atomic E-state index is 12.3. The molecule has 0 bridgehead atoms. The van der Waals surface area contributed by atoms with E-state index in [0.29, 0.717) is 38.3 Å². The van der Waals surface area contributed by atoms with Gasteiger partial charge in [-0.1, -0.05) is 13.3 Å². The number of carbonyl (C=O) groups excluding carboxylic acids is 4. The van der Waals surface area contributed by atoms with Gasteiger partial charge in [0.15, 0.2) is 0 Å². The Morgan fingerprint density at radius 3 is 2.27 bits per heavy atom. The minimum atomic E-state index is -3.70. The molecular formula is C24H44N4O8S. The summed E-state index contributed by atoms with van der Waals surface area (Å²) >= 11 is 0. The molecule has 0 aromatic carbocycles. The van der Waals surface area contributed by atoms with Gasteiger partial charge in [-0.05, 0) is 58.8 Å². The average molecular weight is 549 g/mol. The van der Waals surface area contributed by atoms with Crippen molar-refractivity contribution in [2.75, 3.05) is 32.5 Å². The van der Waals surface area contributed by atoms with Crippen LogP contribution in [0.4, 0.5) is 4.79 Å². The fourth-order valence-electron chi connectivity index (χ4n) is 3.78. The Balaban J connectivity index is 2.36. The molecule has 0 radical (unpaired) electrons. The van der Waals surface area contributed by atoms with Crippen LogP contribution in [0.25, 0.3) is 0 Å². The monoisotopic (exact) mass is 548 g/mol. The molecular weight excluding hydrogens is 504 g/mol. The number of unbranched alkanes of at least 4 members (excludes halogenated alkanes) is 1. The highest BCUT2D eigenvalue weighted by Crippen LogP contribution is 2.23. The molecule has 1 saturated heterocycles. The van der Waals surface area contributed by atoms with Crippen molar-refractivity contribution in [2.24, 2.45) is 5.92 Å². The van der Waals surface area contributed by atoms with Crippen molar-refractivity contribution in [1.82, 2.24) is 20.3 Å². The van der Waals surface area contributed by atoms with Crippen LogP contribution in [0.15, 0.2) is 0 Å². The molecule has 12 nitrogen and oxygen atoms in total. The molecule has 214 valence electrons. The first-order valence-corrected chi connectivity index (χ1v) is 14.5. The van der Waals surface area contributed by atoms with Crippen molar-refractivity contribution in [3.05, 3.63) is 0 Å². The fraction of sp³-hybridized carbons (Fsp3) is 0.833. The highest BCUT2D eigenvalue weighted by Gasteiger charge is 2.27. The third-order valence-corrected chi connectivity index (χ3v) is 7.22. The SMILES string of the molecule is CCCCS(=O)(=O)NC(CC(=O)OC)NC(=O)CNC(=O)CCCC1CCN(C(=O)OC(C)(C)C)CC1. The molecule has 3 amide bonds. The number of esters is 1. The van der Waals surface area contributed by atoms with Crippen LogP contribution in [0.5, 0.6) is 0 Å². The van der Waals surface area contributed by atoms with Crippen LogP contribution in [0.1, 0.15) is 79.1 Å². The molecule has 3 N–H and O–H groups in total. The summed E-state index contributed by atoms with van der Waals surface area (Å²) in [6.45, 7) is 8.26. The lowest BCUT2D eigenvalue weighted by atomic mass is 9.91. The van der Waals surface area contributed by atoms with E-state index in [1.807, 2.05) is 27.7 Å². The number of nitrogens with zero attached hydrogens (tertiary/aromatic N) is 1. The zero-order valence-electron chi connectivity index (χ0n) is 22.8. The van der Waals surface area contributed by atoms with Crippen molar-refractivity contribution in [2.45, 2.75) is 90.8 Å². The summed E-state index contributed by atoms with van der Waals surface area (Å²) < 4.78 is 36.6. The van der Waals surface area contributed by atoms with E-state index in [1.165, 1.54) is 0 Å². The Labute approximate surface area is 220 Å². The summed E-state index contributed by atoms with van der Waals surface area (Å²) in [7, 11) is -2.54. The number of methoxy groups -OCH3 is 1. The van der Waals surface area contributed by atoms with Crippen LogP contribution in [-0.2, 0) is 33.9 Å². The Morgan fingerprint density at radius 2 is 1.70 bits per heavy atom. The molecule has 13 heteroatoms. The van der Waals surface area contributed by atoms with Crippen LogP contribution in [-0.4, -0.2) is 81.5 Å². The summed E-state index contributed by atoms with van der Waals surface area (Å²) in [4.78, 5) is 49.9. The number of likely N-dealkylation sites (tertiary alicyclic amines) is 1. The molecule has 37 heavy (non-hydrogen) atoms. The van der Waals surface area contributed by atoms with E-state index in [4.69, 9.17) is 4.74 Å². The lowest BCUT2D eigenvalue weighted by Gasteiger charge is -2.33. The lowest BCUT2D eigenvalue weighted by molar-refractivity contribution is -0.141. The summed E-state index contributed by atoms with van der Waals surface area (Å²) in [5, 5.41) is 4.94. The van der Waals surface area contributed by atoms with Gasteiger partial charge in [0.1, 0.15) is 11.8 Å². The summed E-state index contributed by atoms with van der Waals surface area (Å²) in [5.41, 5.74) is -0.524. The van der Waals surface area contributed by atoms with Crippen LogP contribution in [0.2, 0.25) is 0 Å². The van der Waals surface area contributed by atoms with Crippen LogP contribution in [0.3, 0.4) is 0 Å². The number of sulfonamides is 1. The standard InChI is InChI=1S/C24H44N4O8S/c1-6-7-15-37(33,34)27-19(16-22(31)35-5)26-21(30)17-25-20(29)10-8-9-18-11-13-28(14-12-18)23(32)36-24(2,3)4/h18-19,27H,6-17H2,1-5H3,(H,25,29)(H,26,30). The summed E-state index contributed by atoms with van der Waals surface area (Å²) in [5.74, 6) is -1.34. The Morgan fingerprint density at radius 1 is 1.05 bits per heavy atom. The fourth-order valence-corrected chi connectivity index (χ4v) is 5.14. The molecule has 1 atom stereocenters. The van der Waals surface area contributed by atoms with Gasteiger partial charge in [-0.15, -0.1) is 0 Å². The van der Waals surface area contributed by atoms with Gasteiger partial charge < -0.3 is 25.0 Å². The molecule has 0 aromatic rings. The minimum Gasteiger partial charge on any atom is -0.469 e. The highest BCUT2D eigenvalue weighted by atomic mass is 32.2. The van der Waals surface area contributed by atoms with Gasteiger partial charge in [-0.25, -0.2) is 13.2 Å². The second-order valence-corrected chi connectivity index (χ2v) is 12.1. The van der Waals surface area contributed by atoms with Crippen molar-refractivity contribution < 1.29 is 37.1 Å². The highest BCUT2D eigenvalue weighted by molar-refractivity contribution is 7.89. The Hall–Kier alpha value is -2.41. The number of nitrogens with one attached hydrogen (secondary N) is 3. The molecule has 1 unspecified atom stereocenters. The third-order valence-electron chi connectivity index (χ3n) is 5.75. The number of carbonyl (C=O) groups is 4. The number of amides is 3. The molecule has 0 saturated carbocycles. The predicted molar refractivity (Wildman–Crippen MR) is 138 cm³/mol. The first kappa shape index (κ1) is 32.6. The van der Waals surface area contributed by atoms with E-state index in [9.17, 15) is 27.6 Å². The van der Waals surface area contributed by atoms with Gasteiger partial charge >= 0.3 is 12.1 Å². The second-order valence-electron chi connectivity index (χ2n) is 10.3. The van der Waals surface area contributed by atoms with Crippen LogP contribution >= 0.6 is 0 Å². The van der Waals surface area contributed by atoms with Gasteiger partial charge in [0.25, 0.3) is 0 Å². The van der Waals surface area contributed by atoms with E-state index in [1.54, 1.807) is 4.90 Å². The van der Waals surface area contributed by atoms with Crippen molar-refractivity contribution >= 4 is 33.9 Å². The average Bonchev–Trinajstić information content (AvgIpc) is 2.80. The quantitative estimate of drug-likeness (QED) is 0.218. The summed E-state index contributed by atoms with van der Waals surface area (Å²) in [6, 6.07) is 0. The molecule has 0 spiro atoms. The van der Waals surface area contributed by atoms with Crippen LogP contribution in [0, 0.1) is 5.92 Å². The lowest BCUT2D eigenvalue weighted by Crippen LogP contribution is -2.52. The number of piperidine rings is 1. The van der Waals surface area contributed by atoms with E-state index in [-0.39, 0.29) is 37.1 Å². The number of hydrogen-bond donors (Lipinski definition) is 3. The molecule has 0 aromatic heterocycles. The Kier molecular flexibility index (Phi) is 13.9. The predicted octanol–water partition coefficient (Wildman–Crippen LogP) is 1.64. The first-order chi connectivity index (χ1) is 17.2. The largest absolute Gasteiger partial charge is 0.469 e. The van der Waals surface area contributed by atoms with Crippen molar-refractivity contribution in [1.29, 1.82) is 0 Å². The zero-order chi connectivity index (χ0) is 28.1. The van der Waals surface area contributed by atoms with Gasteiger partial charge in [0, 0.05) is 19.5 Å². The van der Waals surface area contributed by atoms with Crippen molar-refractivity contribution in [3.8, 4) is 0 Å². The molecule has 1 aliphatic heterocycles. The molecule has 1 heterocycles. The first-order valence-electron chi connectivity index (χ1n) is 12.9. The van der Waals surface area contributed by atoms with Crippen LogP contribution < -0.4 is 15.4 Å². The van der Waals surface area contributed by atoms with E-state index >= 15 is 0 Å². The molecule has 1 fully saturated rings. The van der Waals surface area contributed by atoms with E-state index < -0.39 is 33.7 Å². The van der Waals surface area contributed by atoms with Gasteiger partial charge in [0.2, 0.25) is 21.8 Å². The molecule has 1 aliphatic rings. The topological polar surface area (TPSA) is 160 Å². The van der Waals surface area contributed by atoms with E-state index in [0.717, 1.165) is 26.4 Å². The number of hydrogen-bond acceptors (Lipinski definition) is 8. The van der Waals surface area contributed by atoms with Crippen molar-refractivity contribution in [3.63, 3.8) is 0 Å². The normalized spacial score (nSPS) is 15.5. The van der Waals surface area contributed by atoms with Gasteiger partial charge in [0.05, 0.1) is 25.8 Å².